The molecule has 1 aromatic heterocycles. The predicted molar refractivity (Wildman–Crippen MR) is 125 cm³/mol. The van der Waals surface area contributed by atoms with Gasteiger partial charge in [0.1, 0.15) is 11.4 Å². The molecule has 0 radical (unpaired) electrons. The van der Waals surface area contributed by atoms with Crippen molar-refractivity contribution in [3.05, 3.63) is 30.0 Å². The van der Waals surface area contributed by atoms with Crippen LogP contribution in [0.2, 0.25) is 0 Å². The molecule has 0 spiro atoms. The van der Waals surface area contributed by atoms with Crippen LogP contribution in [0.5, 0.6) is 5.75 Å². The maximum Gasteiger partial charge on any atom is 0.335 e. The molecule has 0 saturated heterocycles. The standard InChI is InChI=1S/C24H29N5O4/c1-28-19-13-25-24(26-17-11-10-14(23(31)32)12-20(17)33-2)27-21(19)29(15-6-3-4-7-15)18-9-5-8-16(18)22(28)30/h10-13,15-16,18H,3-9H2,1-2H3,(H,31,32)(H,25,26,27)/t16-,18+/m0/s1. The Balaban J connectivity index is 1.55. The minimum absolute atomic E-state index is 0.00938. The number of methoxy groups -OCH3 is 1. The fourth-order valence-electron chi connectivity index (χ4n) is 5.61. The second-order valence-corrected chi connectivity index (χ2v) is 9.10. The Bertz CT molecular complexity index is 1080. The molecule has 2 atom stereocenters. The first-order valence-corrected chi connectivity index (χ1v) is 11.6. The average Bonchev–Trinajstić information content (AvgIpc) is 3.50. The van der Waals surface area contributed by atoms with Gasteiger partial charge in [0.25, 0.3) is 0 Å². The predicted octanol–water partition coefficient (Wildman–Crippen LogP) is 3.82. The van der Waals surface area contributed by atoms with E-state index >= 15 is 0 Å². The van der Waals surface area contributed by atoms with Gasteiger partial charge in [-0.3, -0.25) is 4.79 Å². The molecule has 2 fully saturated rings. The minimum atomic E-state index is -1.02. The third-order valence-corrected chi connectivity index (χ3v) is 7.25. The summed E-state index contributed by atoms with van der Waals surface area (Å²) in [5.74, 6) is 0.692. The lowest BCUT2D eigenvalue weighted by Crippen LogP contribution is -2.46. The summed E-state index contributed by atoms with van der Waals surface area (Å²) in [7, 11) is 3.31. The van der Waals surface area contributed by atoms with E-state index in [1.54, 1.807) is 17.2 Å². The Morgan fingerprint density at radius 1 is 1.18 bits per heavy atom. The zero-order valence-corrected chi connectivity index (χ0v) is 19.0. The maximum atomic E-state index is 13.3. The van der Waals surface area contributed by atoms with Crippen molar-refractivity contribution < 1.29 is 19.4 Å². The normalized spacial score (nSPS) is 22.7. The first-order valence-electron chi connectivity index (χ1n) is 11.6. The van der Waals surface area contributed by atoms with Crippen LogP contribution < -0.4 is 19.9 Å². The van der Waals surface area contributed by atoms with E-state index in [1.165, 1.54) is 32.1 Å². The lowest BCUT2D eigenvalue weighted by molar-refractivity contribution is -0.122. The van der Waals surface area contributed by atoms with E-state index in [4.69, 9.17) is 9.72 Å². The van der Waals surface area contributed by atoms with Crippen molar-refractivity contribution in [2.45, 2.75) is 57.0 Å². The van der Waals surface area contributed by atoms with Crippen LogP contribution in [0.1, 0.15) is 55.3 Å². The summed E-state index contributed by atoms with van der Waals surface area (Å²) in [6, 6.07) is 5.16. The zero-order valence-electron chi connectivity index (χ0n) is 19.0. The number of carbonyl (C=O) groups is 2. The summed E-state index contributed by atoms with van der Waals surface area (Å²) in [6.45, 7) is 0. The number of fused-ring (bicyclic) bond motifs is 2. The number of ether oxygens (including phenoxy) is 1. The summed E-state index contributed by atoms with van der Waals surface area (Å²) in [6.07, 6.45) is 9.28. The van der Waals surface area contributed by atoms with Gasteiger partial charge in [-0.2, -0.15) is 4.98 Å². The topological polar surface area (TPSA) is 108 Å². The van der Waals surface area contributed by atoms with Crippen molar-refractivity contribution in [3.63, 3.8) is 0 Å². The molecule has 1 aliphatic heterocycles. The second-order valence-electron chi connectivity index (χ2n) is 9.10. The SMILES string of the molecule is COc1cc(C(=O)O)ccc1Nc1ncc2c(n1)N(C1CCCC1)[C@@H]1CCC[C@@H]1C(=O)N2C. The molecule has 33 heavy (non-hydrogen) atoms. The Labute approximate surface area is 192 Å². The lowest BCUT2D eigenvalue weighted by atomic mass is 9.99. The number of nitrogens with zero attached hydrogens (tertiary/aromatic N) is 4. The first-order chi connectivity index (χ1) is 16.0. The molecule has 1 aromatic carbocycles. The fraction of sp³-hybridized carbons (Fsp3) is 0.500. The van der Waals surface area contributed by atoms with E-state index in [0.29, 0.717) is 23.4 Å². The van der Waals surface area contributed by atoms with Gasteiger partial charge in [0, 0.05) is 19.1 Å². The number of amides is 1. The van der Waals surface area contributed by atoms with Crippen LogP contribution in [0.3, 0.4) is 0 Å². The van der Waals surface area contributed by atoms with E-state index in [0.717, 1.165) is 43.6 Å². The monoisotopic (exact) mass is 451 g/mol. The van der Waals surface area contributed by atoms with E-state index < -0.39 is 5.97 Å². The smallest absolute Gasteiger partial charge is 0.335 e. The number of hydrogen-bond donors (Lipinski definition) is 2. The van der Waals surface area contributed by atoms with Crippen molar-refractivity contribution in [1.29, 1.82) is 0 Å². The highest BCUT2D eigenvalue weighted by molar-refractivity contribution is 5.99. The molecule has 2 heterocycles. The third-order valence-electron chi connectivity index (χ3n) is 7.25. The van der Waals surface area contributed by atoms with Crippen LogP contribution >= 0.6 is 0 Å². The van der Waals surface area contributed by atoms with Gasteiger partial charge in [-0.15, -0.1) is 0 Å². The highest BCUT2D eigenvalue weighted by Gasteiger charge is 2.45. The molecular weight excluding hydrogens is 422 g/mol. The van der Waals surface area contributed by atoms with Crippen molar-refractivity contribution in [2.75, 3.05) is 29.3 Å². The first kappa shape index (κ1) is 21.5. The van der Waals surface area contributed by atoms with Gasteiger partial charge in [0.2, 0.25) is 11.9 Å². The molecule has 2 aliphatic carbocycles. The van der Waals surface area contributed by atoms with E-state index in [-0.39, 0.29) is 23.4 Å². The summed E-state index contributed by atoms with van der Waals surface area (Å²) < 4.78 is 5.39. The molecule has 0 unspecified atom stereocenters. The highest BCUT2D eigenvalue weighted by atomic mass is 16.5. The Kier molecular flexibility index (Phi) is 5.55. The Hall–Kier alpha value is -3.36. The number of carboxylic acids is 1. The second kappa shape index (κ2) is 8.53. The Morgan fingerprint density at radius 3 is 2.70 bits per heavy atom. The number of hydrogen-bond acceptors (Lipinski definition) is 7. The number of aromatic carboxylic acids is 1. The van der Waals surface area contributed by atoms with Crippen LogP contribution in [-0.4, -0.2) is 53.2 Å². The molecule has 3 aliphatic rings. The van der Waals surface area contributed by atoms with E-state index in [1.807, 2.05) is 7.05 Å². The third kappa shape index (κ3) is 3.75. The zero-order chi connectivity index (χ0) is 23.1. The minimum Gasteiger partial charge on any atom is -0.495 e. The summed E-state index contributed by atoms with van der Waals surface area (Å²) >= 11 is 0. The molecule has 2 saturated carbocycles. The molecule has 9 heteroatoms. The fourth-order valence-corrected chi connectivity index (χ4v) is 5.61. The van der Waals surface area contributed by atoms with Gasteiger partial charge in [0.05, 0.1) is 30.5 Å². The summed E-state index contributed by atoms with van der Waals surface area (Å²) in [4.78, 5) is 38.1. The maximum absolute atomic E-state index is 13.3. The molecule has 2 aromatic rings. The van der Waals surface area contributed by atoms with Crippen LogP contribution in [0.4, 0.5) is 23.1 Å². The number of benzene rings is 1. The molecule has 2 N–H and O–H groups in total. The molecule has 0 bridgehead atoms. The molecule has 9 nitrogen and oxygen atoms in total. The van der Waals surface area contributed by atoms with Crippen molar-refractivity contribution in [2.24, 2.45) is 5.92 Å². The van der Waals surface area contributed by atoms with Crippen molar-refractivity contribution in [1.82, 2.24) is 9.97 Å². The van der Waals surface area contributed by atoms with E-state index in [2.05, 4.69) is 15.2 Å². The number of carboxylic acid groups (broad SMARTS) is 1. The van der Waals surface area contributed by atoms with Crippen LogP contribution in [0.25, 0.3) is 0 Å². The Morgan fingerprint density at radius 2 is 1.97 bits per heavy atom. The lowest BCUT2D eigenvalue weighted by Gasteiger charge is -2.36. The van der Waals surface area contributed by atoms with Crippen LogP contribution in [-0.2, 0) is 4.79 Å². The van der Waals surface area contributed by atoms with Crippen molar-refractivity contribution >= 4 is 35.0 Å². The number of anilines is 4. The largest absolute Gasteiger partial charge is 0.495 e. The quantitative estimate of drug-likeness (QED) is 0.706. The van der Waals surface area contributed by atoms with Gasteiger partial charge >= 0.3 is 5.97 Å². The van der Waals surface area contributed by atoms with Gasteiger partial charge in [-0.05, 0) is 43.9 Å². The van der Waals surface area contributed by atoms with Crippen LogP contribution in [0, 0.1) is 5.92 Å². The molecule has 1 amide bonds. The van der Waals surface area contributed by atoms with Crippen molar-refractivity contribution in [3.8, 4) is 5.75 Å². The average molecular weight is 452 g/mol. The summed E-state index contributed by atoms with van der Waals surface area (Å²) in [5.41, 5.74) is 1.45. The highest BCUT2D eigenvalue weighted by Crippen LogP contribution is 2.45. The number of nitrogens with one attached hydrogen (secondary N) is 1. The molecule has 5 rings (SSSR count). The van der Waals surface area contributed by atoms with Gasteiger partial charge < -0.3 is 25.0 Å². The molecular formula is C24H29N5O4. The van der Waals surface area contributed by atoms with Gasteiger partial charge in [-0.25, -0.2) is 9.78 Å². The summed E-state index contributed by atoms with van der Waals surface area (Å²) in [5, 5.41) is 12.4. The van der Waals surface area contributed by atoms with Gasteiger partial charge in [-0.1, -0.05) is 19.3 Å². The number of aromatic nitrogens is 2. The number of carbonyl (C=O) groups excluding carboxylic acids is 1. The number of rotatable bonds is 5. The molecule has 174 valence electrons. The van der Waals surface area contributed by atoms with Crippen LogP contribution in [0.15, 0.2) is 24.4 Å². The van der Waals surface area contributed by atoms with Gasteiger partial charge in [0.15, 0.2) is 5.82 Å². The van der Waals surface area contributed by atoms with E-state index in [9.17, 15) is 14.7 Å².